The molecular weight excluding hydrogens is 112 g/mol. The molecule has 0 fully saturated rings. The lowest BCUT2D eigenvalue weighted by Crippen LogP contribution is -1.85. The maximum absolute atomic E-state index is 4.08. The molecule has 48 valence electrons. The molecule has 2 heteroatoms. The first-order valence-corrected chi connectivity index (χ1v) is 2.88. The zero-order valence-corrected chi connectivity index (χ0v) is 5.76. The lowest BCUT2D eigenvalue weighted by Gasteiger charge is -1.92. The summed E-state index contributed by atoms with van der Waals surface area (Å²) in [7, 11) is 0. The van der Waals surface area contributed by atoms with Crippen LogP contribution in [0.3, 0.4) is 0 Å². The molecule has 1 aromatic rings. The van der Waals surface area contributed by atoms with Gasteiger partial charge in [-0.25, -0.2) is 4.98 Å². The lowest BCUT2D eigenvalue weighted by molar-refractivity contribution is 1.07. The quantitative estimate of drug-likeness (QED) is 0.553. The van der Waals surface area contributed by atoms with Crippen molar-refractivity contribution < 1.29 is 0 Å². The van der Waals surface area contributed by atoms with Gasteiger partial charge < -0.3 is 4.57 Å². The summed E-state index contributed by atoms with van der Waals surface area (Å²) < 4.78 is 1.90. The Balaban J connectivity index is 3.18. The zero-order chi connectivity index (χ0) is 6.85. The van der Waals surface area contributed by atoms with Crippen LogP contribution in [0.5, 0.6) is 0 Å². The van der Waals surface area contributed by atoms with Gasteiger partial charge in [0.05, 0.1) is 12.0 Å². The van der Waals surface area contributed by atoms with Crippen molar-refractivity contribution >= 4 is 6.20 Å². The number of aromatic nitrogens is 2. The zero-order valence-electron chi connectivity index (χ0n) is 5.76. The normalized spacial score (nSPS) is 9.56. The van der Waals surface area contributed by atoms with Crippen molar-refractivity contribution in [3.8, 4) is 0 Å². The van der Waals surface area contributed by atoms with Crippen LogP contribution in [0.25, 0.3) is 6.20 Å². The molecule has 2 nitrogen and oxygen atoms in total. The van der Waals surface area contributed by atoms with E-state index in [9.17, 15) is 0 Å². The maximum atomic E-state index is 4.08. The van der Waals surface area contributed by atoms with Crippen molar-refractivity contribution in [3.05, 3.63) is 24.3 Å². The summed E-state index contributed by atoms with van der Waals surface area (Å²) in [5, 5.41) is 0. The molecule has 0 bridgehead atoms. The van der Waals surface area contributed by atoms with Crippen LogP contribution in [0, 0.1) is 13.8 Å². The Labute approximate surface area is 54.8 Å². The number of rotatable bonds is 1. The van der Waals surface area contributed by atoms with Gasteiger partial charge in [-0.3, -0.25) is 0 Å². The molecule has 0 aliphatic rings. The van der Waals surface area contributed by atoms with Crippen LogP contribution in [0.4, 0.5) is 0 Å². The highest BCUT2D eigenvalue weighted by molar-refractivity contribution is 5.24. The van der Waals surface area contributed by atoms with Gasteiger partial charge in [-0.15, -0.1) is 0 Å². The average Bonchev–Trinajstić information content (AvgIpc) is 2.15. The number of hydrogen-bond donors (Lipinski definition) is 0. The van der Waals surface area contributed by atoms with E-state index in [0.29, 0.717) is 0 Å². The van der Waals surface area contributed by atoms with Crippen LogP contribution >= 0.6 is 0 Å². The Kier molecular flexibility index (Phi) is 1.39. The molecular formula is C7H10N2. The first kappa shape index (κ1) is 6.08. The SMILES string of the molecule is C=Cn1cnc(C)c1C. The summed E-state index contributed by atoms with van der Waals surface area (Å²) in [5.41, 5.74) is 2.22. The smallest absolute Gasteiger partial charge is 0.0992 e. The van der Waals surface area contributed by atoms with Crippen LogP contribution in [0.2, 0.25) is 0 Å². The molecule has 0 saturated heterocycles. The van der Waals surface area contributed by atoms with Crippen LogP contribution < -0.4 is 0 Å². The van der Waals surface area contributed by atoms with Gasteiger partial charge in [0.1, 0.15) is 0 Å². The van der Waals surface area contributed by atoms with E-state index in [1.54, 1.807) is 12.5 Å². The second kappa shape index (κ2) is 2.05. The highest BCUT2D eigenvalue weighted by Crippen LogP contribution is 2.02. The Morgan fingerprint density at radius 2 is 2.33 bits per heavy atom. The third-order valence-electron chi connectivity index (χ3n) is 1.48. The van der Waals surface area contributed by atoms with Gasteiger partial charge in [0, 0.05) is 11.9 Å². The van der Waals surface area contributed by atoms with Crippen molar-refractivity contribution in [1.82, 2.24) is 9.55 Å². The number of nitrogens with zero attached hydrogens (tertiary/aromatic N) is 2. The molecule has 0 radical (unpaired) electrons. The van der Waals surface area contributed by atoms with Gasteiger partial charge in [0.15, 0.2) is 0 Å². The van der Waals surface area contributed by atoms with E-state index >= 15 is 0 Å². The van der Waals surface area contributed by atoms with Crippen molar-refractivity contribution in [2.75, 3.05) is 0 Å². The fourth-order valence-corrected chi connectivity index (χ4v) is 0.700. The summed E-state index contributed by atoms with van der Waals surface area (Å²) in [4.78, 5) is 4.08. The highest BCUT2D eigenvalue weighted by Gasteiger charge is 1.95. The predicted molar refractivity (Wildman–Crippen MR) is 38.1 cm³/mol. The first-order valence-electron chi connectivity index (χ1n) is 2.88. The van der Waals surface area contributed by atoms with E-state index in [1.807, 2.05) is 18.4 Å². The summed E-state index contributed by atoms with van der Waals surface area (Å²) in [6, 6.07) is 0. The van der Waals surface area contributed by atoms with E-state index in [4.69, 9.17) is 0 Å². The first-order chi connectivity index (χ1) is 4.25. The molecule has 1 rings (SSSR count). The largest absolute Gasteiger partial charge is 0.311 e. The van der Waals surface area contributed by atoms with Gasteiger partial charge >= 0.3 is 0 Å². The molecule has 0 saturated carbocycles. The molecule has 9 heavy (non-hydrogen) atoms. The monoisotopic (exact) mass is 122 g/mol. The Morgan fingerprint density at radius 3 is 2.56 bits per heavy atom. The average molecular weight is 122 g/mol. The van der Waals surface area contributed by atoms with Gasteiger partial charge in [0.2, 0.25) is 0 Å². The van der Waals surface area contributed by atoms with E-state index in [-0.39, 0.29) is 0 Å². The van der Waals surface area contributed by atoms with E-state index in [2.05, 4.69) is 11.6 Å². The number of aryl methyl sites for hydroxylation is 1. The molecule has 0 atom stereocenters. The van der Waals surface area contributed by atoms with E-state index in [1.165, 1.54) is 0 Å². The van der Waals surface area contributed by atoms with E-state index in [0.717, 1.165) is 11.4 Å². The van der Waals surface area contributed by atoms with Crippen molar-refractivity contribution in [2.45, 2.75) is 13.8 Å². The molecule has 0 amide bonds. The minimum Gasteiger partial charge on any atom is -0.311 e. The Bertz CT molecular complexity index is 223. The fraction of sp³-hybridized carbons (Fsp3) is 0.286. The van der Waals surface area contributed by atoms with Crippen LogP contribution in [-0.2, 0) is 0 Å². The van der Waals surface area contributed by atoms with Crippen LogP contribution in [-0.4, -0.2) is 9.55 Å². The Hall–Kier alpha value is -1.05. The molecule has 0 aliphatic heterocycles. The van der Waals surface area contributed by atoms with Crippen molar-refractivity contribution in [3.63, 3.8) is 0 Å². The second-order valence-electron chi connectivity index (χ2n) is 2.01. The van der Waals surface area contributed by atoms with Gasteiger partial charge in [-0.2, -0.15) is 0 Å². The van der Waals surface area contributed by atoms with Crippen molar-refractivity contribution in [1.29, 1.82) is 0 Å². The number of hydrogen-bond acceptors (Lipinski definition) is 1. The summed E-state index contributed by atoms with van der Waals surface area (Å²) in [6.45, 7) is 7.63. The summed E-state index contributed by atoms with van der Waals surface area (Å²) >= 11 is 0. The predicted octanol–water partition coefficient (Wildman–Crippen LogP) is 1.60. The minimum absolute atomic E-state index is 1.06. The molecule has 0 aliphatic carbocycles. The highest BCUT2D eigenvalue weighted by atomic mass is 15.0. The summed E-state index contributed by atoms with van der Waals surface area (Å²) in [5.74, 6) is 0. The molecule has 1 aromatic heterocycles. The van der Waals surface area contributed by atoms with E-state index < -0.39 is 0 Å². The minimum atomic E-state index is 1.06. The van der Waals surface area contributed by atoms with Crippen LogP contribution in [0.1, 0.15) is 11.4 Å². The van der Waals surface area contributed by atoms with Crippen molar-refractivity contribution in [2.24, 2.45) is 0 Å². The molecule has 0 unspecified atom stereocenters. The molecule has 0 aromatic carbocycles. The van der Waals surface area contributed by atoms with Crippen LogP contribution in [0.15, 0.2) is 12.9 Å². The third kappa shape index (κ3) is 0.875. The Morgan fingerprint density at radius 1 is 1.67 bits per heavy atom. The van der Waals surface area contributed by atoms with Gasteiger partial charge in [-0.05, 0) is 13.8 Å². The lowest BCUT2D eigenvalue weighted by atomic mass is 10.4. The number of imidazole rings is 1. The standard InChI is InChI=1S/C7H10N2/c1-4-9-5-8-6(2)7(9)3/h4-5H,1H2,2-3H3. The van der Waals surface area contributed by atoms with Gasteiger partial charge in [0.25, 0.3) is 0 Å². The summed E-state index contributed by atoms with van der Waals surface area (Å²) in [6.07, 6.45) is 3.51. The molecule has 0 spiro atoms. The van der Waals surface area contributed by atoms with Gasteiger partial charge in [-0.1, -0.05) is 6.58 Å². The third-order valence-corrected chi connectivity index (χ3v) is 1.48. The molecule has 0 N–H and O–H groups in total. The second-order valence-corrected chi connectivity index (χ2v) is 2.01. The topological polar surface area (TPSA) is 17.8 Å². The fourth-order valence-electron chi connectivity index (χ4n) is 0.700. The maximum Gasteiger partial charge on any atom is 0.0992 e. The molecule has 1 heterocycles.